The van der Waals surface area contributed by atoms with Gasteiger partial charge in [0.15, 0.2) is 6.10 Å². The van der Waals surface area contributed by atoms with E-state index in [4.69, 9.17) is 32.3 Å². The zero-order chi connectivity index (χ0) is 97.8. The fourth-order valence-electron chi connectivity index (χ4n) is 15.6. The van der Waals surface area contributed by atoms with E-state index >= 15 is 0 Å². The highest BCUT2D eigenvalue weighted by Crippen LogP contribution is 2.45. The molecule has 18 heteroatoms. The van der Waals surface area contributed by atoms with E-state index in [1.54, 1.807) is 0 Å². The van der Waals surface area contributed by atoms with Crippen molar-refractivity contribution < 1.29 is 75.8 Å². The number of allylic oxidation sites excluding steroid dienone is 28. The van der Waals surface area contributed by atoms with Crippen molar-refractivity contribution in [2.45, 2.75) is 514 Å². The molecule has 5 unspecified atom stereocenters. The second kappa shape index (κ2) is 108. The highest BCUT2D eigenvalue weighted by Gasteiger charge is 2.30. The Hall–Kier alpha value is -5.09. The van der Waals surface area contributed by atoms with Crippen LogP contribution in [-0.2, 0) is 55.8 Å². The summed E-state index contributed by atoms with van der Waals surface area (Å²) in [5, 5.41) is 20.8. The fraction of sp³-hybridized carbons (Fsp3) is 0.735. The summed E-state index contributed by atoms with van der Waals surface area (Å²) in [4.78, 5) is 59.4. The summed E-state index contributed by atoms with van der Waals surface area (Å²) in [5.74, 6) is -1.55. The molecule has 0 saturated carbocycles. The standard InChI is InChI=1S/C117H204O16P2/c1-4-7-10-13-16-19-22-25-28-31-34-37-40-43-46-49-52-54-55-57-60-61-64-67-70-73-76-79-82-85-88-91-94-97-100-103-115(120)127-106-112(118)107-129-134(123,124)130-108-113(119)109-131-135(125,126)132-111-114(133-117(122)105-102-99-96-93-90-87-84-81-78-75-72-69-66-63-58-51-48-45-42-39-36-33-30-27-24-21-18-15-12-9-6-3)110-128-116(121)104-101-98-95-92-89-86-83-80-77-74-71-68-65-62-59-56-53-50-47-44-41-38-35-32-29-26-23-20-17-14-11-8-5-2/h7-8,10-11,16-21,25-30,34-39,43-48,112-114,118-119H,4-6,9,12-15,22-24,31-33,40-42,49-111H2,1-3H3,(H,123,124)(H,125,126)/b10-7-,11-8-,19-16-,20-17-,21-18-,28-25-,29-26-,30-27-,37-34-,38-35-,39-36-,46-43-,47-44-,48-45-. The number of hydrogen-bond acceptors (Lipinski definition) is 14. The number of esters is 3. The molecule has 16 nitrogen and oxygen atoms in total. The molecular formula is C117H204O16P2. The number of phosphoric acid groups is 2. The highest BCUT2D eigenvalue weighted by atomic mass is 31.2. The number of aliphatic hydroxyl groups is 2. The molecule has 0 aliphatic carbocycles. The summed E-state index contributed by atoms with van der Waals surface area (Å²) in [7, 11) is -9.82. The third kappa shape index (κ3) is 109. The maximum absolute atomic E-state index is 13.2. The van der Waals surface area contributed by atoms with Gasteiger partial charge in [0.2, 0.25) is 0 Å². The lowest BCUT2D eigenvalue weighted by molar-refractivity contribution is -0.161. The lowest BCUT2D eigenvalue weighted by atomic mass is 10.0. The van der Waals surface area contributed by atoms with Gasteiger partial charge in [-0.1, -0.05) is 493 Å². The number of aliphatic hydroxyl groups excluding tert-OH is 2. The quantitative estimate of drug-likeness (QED) is 0.0146. The lowest BCUT2D eigenvalue weighted by Crippen LogP contribution is -2.30. The first-order chi connectivity index (χ1) is 66.2. The van der Waals surface area contributed by atoms with Gasteiger partial charge in [0.1, 0.15) is 25.4 Å². The molecule has 0 heterocycles. The Labute approximate surface area is 828 Å². The summed E-state index contributed by atoms with van der Waals surface area (Å²) < 4.78 is 61.9. The van der Waals surface area contributed by atoms with Crippen LogP contribution in [0.15, 0.2) is 170 Å². The number of rotatable bonds is 105. The van der Waals surface area contributed by atoms with Gasteiger partial charge >= 0.3 is 33.6 Å². The molecule has 778 valence electrons. The summed E-state index contributed by atoms with van der Waals surface area (Å²) in [6, 6.07) is 0. The van der Waals surface area contributed by atoms with Gasteiger partial charge in [0, 0.05) is 19.3 Å². The minimum absolute atomic E-state index is 0.104. The van der Waals surface area contributed by atoms with Gasteiger partial charge in [-0.25, -0.2) is 9.13 Å². The molecule has 0 aromatic carbocycles. The molecule has 0 fully saturated rings. The molecule has 5 atom stereocenters. The van der Waals surface area contributed by atoms with E-state index in [1.165, 1.54) is 289 Å². The van der Waals surface area contributed by atoms with Gasteiger partial charge < -0.3 is 34.2 Å². The van der Waals surface area contributed by atoms with Crippen molar-refractivity contribution in [3.05, 3.63) is 170 Å². The van der Waals surface area contributed by atoms with Gasteiger partial charge in [0.25, 0.3) is 0 Å². The highest BCUT2D eigenvalue weighted by molar-refractivity contribution is 7.47. The van der Waals surface area contributed by atoms with Crippen LogP contribution in [0.2, 0.25) is 0 Å². The van der Waals surface area contributed by atoms with Crippen LogP contribution in [0.5, 0.6) is 0 Å². The van der Waals surface area contributed by atoms with E-state index in [1.807, 2.05) is 0 Å². The third-order valence-electron chi connectivity index (χ3n) is 23.9. The number of carbonyl (C=O) groups excluding carboxylic acids is 3. The fourth-order valence-corrected chi connectivity index (χ4v) is 17.2. The minimum Gasteiger partial charge on any atom is -0.463 e. The van der Waals surface area contributed by atoms with E-state index < -0.39 is 91.5 Å². The second-order valence-electron chi connectivity index (χ2n) is 37.1. The van der Waals surface area contributed by atoms with Gasteiger partial charge in [0.05, 0.1) is 26.4 Å². The maximum Gasteiger partial charge on any atom is 0.472 e. The molecule has 0 aliphatic heterocycles. The first-order valence-corrected chi connectivity index (χ1v) is 58.4. The van der Waals surface area contributed by atoms with Crippen LogP contribution in [0.1, 0.15) is 496 Å². The van der Waals surface area contributed by atoms with E-state index in [0.717, 1.165) is 148 Å². The van der Waals surface area contributed by atoms with Gasteiger partial charge in [-0.15, -0.1) is 0 Å². The van der Waals surface area contributed by atoms with Crippen LogP contribution in [0.3, 0.4) is 0 Å². The van der Waals surface area contributed by atoms with Crippen molar-refractivity contribution in [1.29, 1.82) is 0 Å². The molecule has 4 N–H and O–H groups in total. The zero-order valence-electron chi connectivity index (χ0n) is 86.5. The Bertz CT molecular complexity index is 3140. The summed E-state index contributed by atoms with van der Waals surface area (Å²) in [6.07, 6.45) is 143. The Morgan fingerprint density at radius 2 is 0.393 bits per heavy atom. The Balaban J connectivity index is 4.58. The predicted octanol–water partition coefficient (Wildman–Crippen LogP) is 35.7. The van der Waals surface area contributed by atoms with E-state index in [0.29, 0.717) is 19.3 Å². The zero-order valence-corrected chi connectivity index (χ0v) is 88.3. The number of unbranched alkanes of at least 4 members (excludes halogenated alkanes) is 54. The number of hydrogen-bond donors (Lipinski definition) is 4. The van der Waals surface area contributed by atoms with Crippen molar-refractivity contribution in [2.75, 3.05) is 39.6 Å². The van der Waals surface area contributed by atoms with Crippen molar-refractivity contribution >= 4 is 33.6 Å². The van der Waals surface area contributed by atoms with Crippen molar-refractivity contribution in [1.82, 2.24) is 0 Å². The summed E-state index contributed by atoms with van der Waals surface area (Å²) in [5.41, 5.74) is 0. The van der Waals surface area contributed by atoms with Crippen LogP contribution in [0, 0.1) is 0 Å². The van der Waals surface area contributed by atoms with Crippen LogP contribution in [0.4, 0.5) is 0 Å². The van der Waals surface area contributed by atoms with Crippen molar-refractivity contribution in [3.8, 4) is 0 Å². The SMILES string of the molecule is CC/C=C\C/C=C\C/C=C\C/C=C\C/C=C\CCCCCCCCCCCCCCCCCCCCCC(=O)OCC(O)COP(=O)(O)OCC(O)COP(=O)(O)OCC(COC(=O)CCCCCCCCCCCCCCCCCCC/C=C\C/C=C\C/C=C\C/C=C\C/C=C\CC)OC(=O)CCCCCCCCCCCCCCCCC/C=C\C/C=C\C/C=C\C/C=C\CCCCC. The topological polar surface area (TPSA) is 231 Å². The van der Waals surface area contributed by atoms with Gasteiger partial charge in [-0.2, -0.15) is 0 Å². The van der Waals surface area contributed by atoms with E-state index in [-0.39, 0.29) is 19.3 Å². The molecule has 135 heavy (non-hydrogen) atoms. The number of ether oxygens (including phenoxy) is 3. The van der Waals surface area contributed by atoms with Crippen LogP contribution < -0.4 is 0 Å². The minimum atomic E-state index is -4.95. The molecule has 0 spiro atoms. The monoisotopic (exact) mass is 1930 g/mol. The summed E-state index contributed by atoms with van der Waals surface area (Å²) >= 11 is 0. The summed E-state index contributed by atoms with van der Waals surface area (Å²) in [6.45, 7) is 2.53. The second-order valence-corrected chi connectivity index (χ2v) is 40.0. The van der Waals surface area contributed by atoms with Crippen LogP contribution in [-0.4, -0.2) is 95.9 Å². The van der Waals surface area contributed by atoms with E-state index in [2.05, 4.69) is 191 Å². The molecule has 0 radical (unpaired) electrons. The molecule has 0 aromatic rings. The average Bonchev–Trinajstić information content (AvgIpc) is 0.900. The largest absolute Gasteiger partial charge is 0.472 e. The molecule has 0 aliphatic rings. The number of phosphoric ester groups is 2. The van der Waals surface area contributed by atoms with E-state index in [9.17, 15) is 43.5 Å². The lowest BCUT2D eigenvalue weighted by Gasteiger charge is -2.21. The maximum atomic E-state index is 13.2. The van der Waals surface area contributed by atoms with Crippen LogP contribution >= 0.6 is 15.6 Å². The van der Waals surface area contributed by atoms with Crippen LogP contribution in [0.25, 0.3) is 0 Å². The number of carbonyl (C=O) groups is 3. The van der Waals surface area contributed by atoms with Crippen molar-refractivity contribution in [3.63, 3.8) is 0 Å². The first-order valence-electron chi connectivity index (χ1n) is 55.4. The Morgan fingerprint density at radius 1 is 0.215 bits per heavy atom. The molecule has 0 rings (SSSR count). The average molecular weight is 1930 g/mol. The normalized spacial score (nSPS) is 14.2. The molecule has 0 aromatic heterocycles. The van der Waals surface area contributed by atoms with Gasteiger partial charge in [-0.05, 0) is 154 Å². The Morgan fingerprint density at radius 3 is 0.622 bits per heavy atom. The van der Waals surface area contributed by atoms with Gasteiger partial charge in [-0.3, -0.25) is 32.5 Å². The molecular weight excluding hydrogens is 1720 g/mol. The molecule has 0 amide bonds. The smallest absolute Gasteiger partial charge is 0.463 e. The van der Waals surface area contributed by atoms with Crippen molar-refractivity contribution in [2.24, 2.45) is 0 Å². The first kappa shape index (κ1) is 130. The molecule has 0 bridgehead atoms. The predicted molar refractivity (Wildman–Crippen MR) is 574 cm³/mol. The molecule has 0 saturated heterocycles. The Kier molecular flexibility index (Phi) is 104. The third-order valence-corrected chi connectivity index (χ3v) is 25.8.